The van der Waals surface area contributed by atoms with E-state index in [4.69, 9.17) is 23.2 Å². The number of amides is 1. The molecule has 0 saturated heterocycles. The minimum atomic E-state index is -0.236. The predicted octanol–water partition coefficient (Wildman–Crippen LogP) is 5.23. The van der Waals surface area contributed by atoms with Crippen molar-refractivity contribution in [3.63, 3.8) is 0 Å². The van der Waals surface area contributed by atoms with Crippen LogP contribution in [0.4, 0.5) is 5.13 Å². The number of carbonyl (C=O) groups excluding carboxylic acids is 1. The van der Waals surface area contributed by atoms with Gasteiger partial charge >= 0.3 is 0 Å². The van der Waals surface area contributed by atoms with Gasteiger partial charge in [0.25, 0.3) is 5.56 Å². The number of hydrogen-bond donors (Lipinski definition) is 1. The zero-order valence-electron chi connectivity index (χ0n) is 15.1. The van der Waals surface area contributed by atoms with Crippen LogP contribution < -0.4 is 10.9 Å². The third kappa shape index (κ3) is 4.20. The molecule has 29 heavy (non-hydrogen) atoms. The second kappa shape index (κ2) is 8.23. The van der Waals surface area contributed by atoms with Crippen LogP contribution in [-0.4, -0.2) is 20.4 Å². The van der Waals surface area contributed by atoms with Crippen LogP contribution >= 0.6 is 45.9 Å². The summed E-state index contributed by atoms with van der Waals surface area (Å²) >= 11 is 14.7. The molecule has 0 aliphatic rings. The van der Waals surface area contributed by atoms with Crippen molar-refractivity contribution in [2.45, 2.75) is 19.9 Å². The summed E-state index contributed by atoms with van der Waals surface area (Å²) in [5, 5.41) is 5.57. The summed E-state index contributed by atoms with van der Waals surface area (Å²) in [6.07, 6.45) is 0.126. The third-order valence-corrected chi connectivity index (χ3v) is 6.54. The number of benzene rings is 1. The first-order valence-electron chi connectivity index (χ1n) is 8.59. The lowest BCUT2D eigenvalue weighted by molar-refractivity contribution is -0.116. The number of aromatic nitrogens is 3. The van der Waals surface area contributed by atoms with Crippen LogP contribution in [0.3, 0.4) is 0 Å². The van der Waals surface area contributed by atoms with Crippen molar-refractivity contribution >= 4 is 67.8 Å². The van der Waals surface area contributed by atoms with Crippen LogP contribution in [-0.2, 0) is 11.3 Å². The number of para-hydroxylation sites is 1. The Bertz CT molecular complexity index is 1280. The average molecular weight is 465 g/mol. The molecule has 0 atom stereocenters. The van der Waals surface area contributed by atoms with Crippen molar-refractivity contribution in [1.29, 1.82) is 0 Å². The lowest BCUT2D eigenvalue weighted by Crippen LogP contribution is -2.26. The number of hydrogen-bond acceptors (Lipinski definition) is 6. The number of fused-ring (bicyclic) bond motifs is 1. The smallest absolute Gasteiger partial charge is 0.261 e. The van der Waals surface area contributed by atoms with E-state index in [1.54, 1.807) is 31.2 Å². The Balaban J connectivity index is 1.46. The Morgan fingerprint density at radius 1 is 1.24 bits per heavy atom. The maximum atomic E-state index is 12.7. The van der Waals surface area contributed by atoms with Crippen LogP contribution in [0.25, 0.3) is 22.2 Å². The van der Waals surface area contributed by atoms with Gasteiger partial charge in [-0.3, -0.25) is 14.2 Å². The van der Waals surface area contributed by atoms with Crippen molar-refractivity contribution in [2.24, 2.45) is 0 Å². The van der Waals surface area contributed by atoms with Crippen LogP contribution in [0.5, 0.6) is 0 Å². The molecule has 1 N–H and O–H groups in total. The molecule has 148 valence electrons. The van der Waals surface area contributed by atoms with Crippen LogP contribution in [0.2, 0.25) is 8.67 Å². The molecule has 0 spiro atoms. The van der Waals surface area contributed by atoms with Crippen LogP contribution in [0.15, 0.2) is 40.5 Å². The van der Waals surface area contributed by atoms with Gasteiger partial charge in [0, 0.05) is 23.9 Å². The van der Waals surface area contributed by atoms with E-state index in [0.29, 0.717) is 36.2 Å². The topological polar surface area (TPSA) is 76.9 Å². The van der Waals surface area contributed by atoms with Crippen LogP contribution in [0, 0.1) is 6.92 Å². The minimum absolute atomic E-state index is 0.126. The molecule has 0 saturated carbocycles. The molecular weight excluding hydrogens is 451 g/mol. The van der Waals surface area contributed by atoms with E-state index >= 15 is 0 Å². The van der Waals surface area contributed by atoms with Gasteiger partial charge in [-0.2, -0.15) is 0 Å². The normalized spacial score (nSPS) is 11.1. The highest BCUT2D eigenvalue weighted by Gasteiger charge is 2.14. The fourth-order valence-corrected chi connectivity index (χ4v) is 5.12. The number of rotatable bonds is 5. The number of nitrogens with zero attached hydrogens (tertiary/aromatic N) is 3. The summed E-state index contributed by atoms with van der Waals surface area (Å²) < 4.78 is 2.65. The van der Waals surface area contributed by atoms with E-state index in [0.717, 1.165) is 5.56 Å². The summed E-state index contributed by atoms with van der Waals surface area (Å²) in [5.74, 6) is 0.335. The highest BCUT2D eigenvalue weighted by atomic mass is 35.5. The molecule has 0 radical (unpaired) electrons. The molecule has 0 bridgehead atoms. The first-order chi connectivity index (χ1) is 13.9. The molecule has 1 aromatic carbocycles. The Labute approximate surface area is 183 Å². The first kappa shape index (κ1) is 20.0. The largest absolute Gasteiger partial charge is 0.302 e. The quantitative estimate of drug-likeness (QED) is 0.438. The third-order valence-electron chi connectivity index (χ3n) is 4.30. The zero-order chi connectivity index (χ0) is 20.5. The molecule has 0 aliphatic carbocycles. The van der Waals surface area contributed by atoms with Crippen molar-refractivity contribution in [1.82, 2.24) is 14.5 Å². The Morgan fingerprint density at radius 2 is 2.03 bits per heavy atom. The summed E-state index contributed by atoms with van der Waals surface area (Å²) in [7, 11) is 0. The van der Waals surface area contributed by atoms with Gasteiger partial charge in [-0.15, -0.1) is 22.7 Å². The average Bonchev–Trinajstić information content (AvgIpc) is 3.27. The second-order valence-electron chi connectivity index (χ2n) is 6.21. The molecule has 3 aromatic heterocycles. The molecular formula is C19H14Cl2N4O2S2. The van der Waals surface area contributed by atoms with Gasteiger partial charge in [0.15, 0.2) is 5.13 Å². The number of anilines is 1. The number of thiazole rings is 1. The molecule has 10 heteroatoms. The molecule has 0 fully saturated rings. The van der Waals surface area contributed by atoms with Gasteiger partial charge in [-0.1, -0.05) is 35.3 Å². The maximum absolute atomic E-state index is 12.7. The predicted molar refractivity (Wildman–Crippen MR) is 119 cm³/mol. The van der Waals surface area contributed by atoms with Crippen LogP contribution in [0.1, 0.15) is 12.2 Å². The number of carbonyl (C=O) groups is 1. The Hall–Kier alpha value is -2.26. The second-order valence-corrected chi connectivity index (χ2v) is 9.35. The first-order valence-corrected chi connectivity index (χ1v) is 11.0. The fourth-order valence-electron chi connectivity index (χ4n) is 2.91. The number of halogens is 2. The molecule has 0 aliphatic heterocycles. The van der Waals surface area contributed by atoms with E-state index in [1.165, 1.54) is 27.2 Å². The van der Waals surface area contributed by atoms with Crippen molar-refractivity contribution in [3.8, 4) is 11.3 Å². The van der Waals surface area contributed by atoms with Crippen molar-refractivity contribution < 1.29 is 4.79 Å². The fraction of sp³-hybridized carbons (Fsp3) is 0.158. The van der Waals surface area contributed by atoms with Crippen molar-refractivity contribution in [3.05, 3.63) is 60.6 Å². The molecule has 0 unspecified atom stereocenters. The van der Waals surface area contributed by atoms with Gasteiger partial charge in [0.2, 0.25) is 5.91 Å². The molecule has 1 amide bonds. The van der Waals surface area contributed by atoms with Crippen molar-refractivity contribution in [2.75, 3.05) is 5.32 Å². The van der Waals surface area contributed by atoms with E-state index in [9.17, 15) is 9.59 Å². The number of thiophene rings is 1. The standard InChI is InChI=1S/C19H14Cl2N4O2S2/c1-10-22-13-5-3-2-4-11(13)18(27)25(10)7-6-16(26)24-19-23-14(9-28-19)12-8-15(20)29-17(12)21/h2-5,8-9H,6-7H2,1H3,(H,23,24,26). The van der Waals surface area contributed by atoms with Gasteiger partial charge in [-0.05, 0) is 25.1 Å². The minimum Gasteiger partial charge on any atom is -0.302 e. The molecule has 3 heterocycles. The summed E-state index contributed by atoms with van der Waals surface area (Å²) in [5.41, 5.74) is 1.90. The van der Waals surface area contributed by atoms with E-state index in [1.807, 2.05) is 11.4 Å². The van der Waals surface area contributed by atoms with Gasteiger partial charge in [0.1, 0.15) is 10.2 Å². The Kier molecular flexibility index (Phi) is 5.69. The van der Waals surface area contributed by atoms with E-state index in [2.05, 4.69) is 15.3 Å². The monoisotopic (exact) mass is 464 g/mol. The molecule has 4 rings (SSSR count). The number of nitrogens with one attached hydrogen (secondary N) is 1. The van der Waals surface area contributed by atoms with E-state index in [-0.39, 0.29) is 24.4 Å². The SMILES string of the molecule is Cc1nc2ccccc2c(=O)n1CCC(=O)Nc1nc(-c2cc(Cl)sc2Cl)cs1. The summed E-state index contributed by atoms with van der Waals surface area (Å²) in [6, 6.07) is 8.92. The summed E-state index contributed by atoms with van der Waals surface area (Å²) in [6.45, 7) is 1.99. The zero-order valence-corrected chi connectivity index (χ0v) is 18.3. The highest BCUT2D eigenvalue weighted by Crippen LogP contribution is 2.38. The number of aryl methyl sites for hydroxylation is 1. The van der Waals surface area contributed by atoms with Gasteiger partial charge in [-0.25, -0.2) is 9.97 Å². The van der Waals surface area contributed by atoms with Gasteiger partial charge in [0.05, 0.1) is 20.9 Å². The lowest BCUT2D eigenvalue weighted by atomic mass is 10.2. The maximum Gasteiger partial charge on any atom is 0.261 e. The molecule has 4 aromatic rings. The summed E-state index contributed by atoms with van der Waals surface area (Å²) in [4.78, 5) is 33.9. The van der Waals surface area contributed by atoms with Gasteiger partial charge < -0.3 is 5.32 Å². The molecule has 6 nitrogen and oxygen atoms in total. The Morgan fingerprint density at radius 3 is 2.79 bits per heavy atom. The highest BCUT2D eigenvalue weighted by molar-refractivity contribution is 7.20. The van der Waals surface area contributed by atoms with E-state index < -0.39 is 0 Å². The lowest BCUT2D eigenvalue weighted by Gasteiger charge is -2.10.